The van der Waals surface area contributed by atoms with Gasteiger partial charge >= 0.3 is 5.97 Å². The van der Waals surface area contributed by atoms with Gasteiger partial charge in [-0.25, -0.2) is 9.78 Å². The topological polar surface area (TPSA) is 69.2 Å². The minimum atomic E-state index is -0.554. The minimum absolute atomic E-state index is 0.107. The molecule has 0 saturated heterocycles. The van der Waals surface area contributed by atoms with E-state index in [1.807, 2.05) is 18.2 Å². The highest BCUT2D eigenvalue weighted by Crippen LogP contribution is 2.22. The maximum atomic E-state index is 11.8. The van der Waals surface area contributed by atoms with Crippen LogP contribution in [0.5, 0.6) is 0 Å². The predicted octanol–water partition coefficient (Wildman–Crippen LogP) is 2.51. The number of carbonyl (C=O) groups excluding carboxylic acids is 2. The Kier molecular flexibility index (Phi) is 4.57. The van der Waals surface area contributed by atoms with E-state index in [0.717, 1.165) is 5.69 Å². The van der Waals surface area contributed by atoms with Crippen LogP contribution in [0, 0.1) is 0 Å². The number of nitrogens with zero attached hydrogens (tertiary/aromatic N) is 2. The summed E-state index contributed by atoms with van der Waals surface area (Å²) in [6.07, 6.45) is 2.19. The summed E-state index contributed by atoms with van der Waals surface area (Å²) in [5.74, 6) is -0.737. The molecule has 104 valence electrons. The number of ketones is 1. The van der Waals surface area contributed by atoms with Crippen LogP contribution in [0.2, 0.25) is 0 Å². The Morgan fingerprint density at radius 2 is 2.15 bits per heavy atom. The van der Waals surface area contributed by atoms with Crippen molar-refractivity contribution < 1.29 is 14.3 Å². The van der Waals surface area contributed by atoms with E-state index in [-0.39, 0.29) is 18.1 Å². The largest absolute Gasteiger partial charge is 0.461 e. The second kappa shape index (κ2) is 6.38. The number of thiazole rings is 1. The van der Waals surface area contributed by atoms with E-state index >= 15 is 0 Å². The third kappa shape index (κ3) is 3.27. The lowest BCUT2D eigenvalue weighted by molar-refractivity contribution is 0.0517. The smallest absolute Gasteiger partial charge is 0.358 e. The molecule has 2 heterocycles. The number of rotatable bonds is 5. The van der Waals surface area contributed by atoms with Crippen molar-refractivity contribution in [3.05, 3.63) is 45.7 Å². The van der Waals surface area contributed by atoms with Gasteiger partial charge in [-0.3, -0.25) is 9.78 Å². The minimum Gasteiger partial charge on any atom is -0.461 e. The molecule has 0 atom stereocenters. The summed E-state index contributed by atoms with van der Waals surface area (Å²) in [5.41, 5.74) is 0.946. The Hall–Kier alpha value is -2.08. The van der Waals surface area contributed by atoms with E-state index in [1.165, 1.54) is 18.3 Å². The molecule has 0 unspecified atom stereocenters. The summed E-state index contributed by atoms with van der Waals surface area (Å²) >= 11 is 1.22. The summed E-state index contributed by atoms with van der Waals surface area (Å²) in [6, 6.07) is 5.59. The van der Waals surface area contributed by atoms with Gasteiger partial charge in [-0.05, 0) is 19.1 Å². The first-order chi connectivity index (χ1) is 9.61. The summed E-state index contributed by atoms with van der Waals surface area (Å²) in [7, 11) is 0. The molecule has 0 amide bonds. The Labute approximate surface area is 120 Å². The first-order valence-electron chi connectivity index (χ1n) is 6.19. The van der Waals surface area contributed by atoms with Gasteiger partial charge < -0.3 is 4.74 Å². The fourth-order valence-electron chi connectivity index (χ4n) is 1.67. The highest BCUT2D eigenvalue weighted by Gasteiger charge is 2.22. The predicted molar refractivity (Wildman–Crippen MR) is 75.1 cm³/mol. The van der Waals surface area contributed by atoms with Crippen LogP contribution in [-0.2, 0) is 11.2 Å². The van der Waals surface area contributed by atoms with Crippen LogP contribution < -0.4 is 0 Å². The number of ether oxygens (including phenoxy) is 1. The molecule has 0 saturated carbocycles. The quantitative estimate of drug-likeness (QED) is 0.625. The number of carbonyl (C=O) groups is 2. The van der Waals surface area contributed by atoms with Crippen LogP contribution in [0.1, 0.15) is 44.7 Å². The average Bonchev–Trinajstić information content (AvgIpc) is 2.84. The van der Waals surface area contributed by atoms with Crippen molar-refractivity contribution >= 4 is 23.1 Å². The fraction of sp³-hybridized carbons (Fsp3) is 0.286. The zero-order chi connectivity index (χ0) is 14.5. The Morgan fingerprint density at radius 1 is 1.35 bits per heavy atom. The third-order valence-electron chi connectivity index (χ3n) is 2.52. The standard InChI is InChI=1S/C14H14N2O3S/c1-3-19-14(18)12-13(9(2)17)20-11(16-12)8-10-6-4-5-7-15-10/h4-7H,3,8H2,1-2H3. The maximum Gasteiger partial charge on any atom is 0.358 e. The molecule has 0 spiro atoms. The van der Waals surface area contributed by atoms with Crippen molar-refractivity contribution in [2.24, 2.45) is 0 Å². The van der Waals surface area contributed by atoms with E-state index in [9.17, 15) is 9.59 Å². The molecule has 5 nitrogen and oxygen atoms in total. The van der Waals surface area contributed by atoms with Gasteiger partial charge in [0, 0.05) is 25.2 Å². The van der Waals surface area contributed by atoms with E-state index in [2.05, 4.69) is 9.97 Å². The molecule has 0 aliphatic carbocycles. The van der Waals surface area contributed by atoms with Crippen molar-refractivity contribution in [3.63, 3.8) is 0 Å². The summed E-state index contributed by atoms with van der Waals surface area (Å²) in [4.78, 5) is 32.2. The highest BCUT2D eigenvalue weighted by atomic mass is 32.1. The average molecular weight is 290 g/mol. The van der Waals surface area contributed by atoms with Crippen molar-refractivity contribution in [2.45, 2.75) is 20.3 Å². The number of pyridine rings is 1. The Bertz CT molecular complexity index is 623. The van der Waals surface area contributed by atoms with Crippen molar-refractivity contribution in [2.75, 3.05) is 6.61 Å². The number of esters is 1. The molecule has 0 aromatic carbocycles. The second-order valence-corrected chi connectivity index (χ2v) is 5.14. The van der Waals surface area contributed by atoms with E-state index in [4.69, 9.17) is 4.74 Å². The lowest BCUT2D eigenvalue weighted by Gasteiger charge is -1.98. The molecule has 0 radical (unpaired) electrons. The monoisotopic (exact) mass is 290 g/mol. The molecule has 0 bridgehead atoms. The van der Waals surface area contributed by atoms with Gasteiger partial charge in [0.15, 0.2) is 11.5 Å². The van der Waals surface area contributed by atoms with E-state index < -0.39 is 5.97 Å². The zero-order valence-electron chi connectivity index (χ0n) is 11.3. The van der Waals surface area contributed by atoms with Gasteiger partial charge in [0.2, 0.25) is 0 Å². The molecule has 2 aromatic rings. The first kappa shape index (κ1) is 14.3. The Balaban J connectivity index is 2.29. The SMILES string of the molecule is CCOC(=O)c1nc(Cc2ccccn2)sc1C(C)=O. The van der Waals surface area contributed by atoms with E-state index in [1.54, 1.807) is 13.1 Å². The van der Waals surface area contributed by atoms with Gasteiger partial charge in [-0.2, -0.15) is 0 Å². The maximum absolute atomic E-state index is 11.8. The normalized spacial score (nSPS) is 10.3. The van der Waals surface area contributed by atoms with Crippen molar-refractivity contribution in [3.8, 4) is 0 Å². The molecule has 6 heteroatoms. The molecule has 0 aliphatic heterocycles. The molecule has 0 aliphatic rings. The van der Waals surface area contributed by atoms with Crippen LogP contribution in [0.4, 0.5) is 0 Å². The third-order valence-corrected chi connectivity index (χ3v) is 3.67. The molecular weight excluding hydrogens is 276 g/mol. The van der Waals surface area contributed by atoms with Crippen LogP contribution in [-0.4, -0.2) is 28.3 Å². The lowest BCUT2D eigenvalue weighted by atomic mass is 10.2. The summed E-state index contributed by atoms with van der Waals surface area (Å²) < 4.78 is 4.92. The van der Waals surface area contributed by atoms with Crippen molar-refractivity contribution in [1.82, 2.24) is 9.97 Å². The molecule has 2 aromatic heterocycles. The highest BCUT2D eigenvalue weighted by molar-refractivity contribution is 7.14. The van der Waals surface area contributed by atoms with Crippen LogP contribution >= 0.6 is 11.3 Å². The van der Waals surface area contributed by atoms with Crippen LogP contribution in [0.25, 0.3) is 0 Å². The van der Waals surface area contributed by atoms with Gasteiger partial charge in [0.25, 0.3) is 0 Å². The van der Waals surface area contributed by atoms with E-state index in [0.29, 0.717) is 16.3 Å². The van der Waals surface area contributed by atoms with Gasteiger partial charge in [0.05, 0.1) is 6.61 Å². The first-order valence-corrected chi connectivity index (χ1v) is 7.01. The molecular formula is C14H14N2O3S. The number of Topliss-reactive ketones (excluding diaryl/α,β-unsaturated/α-hetero) is 1. The Morgan fingerprint density at radius 3 is 2.75 bits per heavy atom. The zero-order valence-corrected chi connectivity index (χ0v) is 12.1. The molecule has 2 rings (SSSR count). The van der Waals surface area contributed by atoms with Crippen molar-refractivity contribution in [1.29, 1.82) is 0 Å². The lowest BCUT2D eigenvalue weighted by Crippen LogP contribution is -2.09. The molecule has 0 N–H and O–H groups in total. The molecule has 0 fully saturated rings. The van der Waals surface area contributed by atoms with Gasteiger partial charge in [0.1, 0.15) is 9.88 Å². The fourth-order valence-corrected chi connectivity index (χ4v) is 2.64. The summed E-state index contributed by atoms with van der Waals surface area (Å²) in [5, 5.41) is 0.678. The molecule has 20 heavy (non-hydrogen) atoms. The van der Waals surface area contributed by atoms with Crippen LogP contribution in [0.3, 0.4) is 0 Å². The second-order valence-electron chi connectivity index (χ2n) is 4.06. The van der Waals surface area contributed by atoms with Crippen LogP contribution in [0.15, 0.2) is 24.4 Å². The number of hydrogen-bond donors (Lipinski definition) is 0. The van der Waals surface area contributed by atoms with Gasteiger partial charge in [-0.15, -0.1) is 11.3 Å². The summed E-state index contributed by atoms with van der Waals surface area (Å²) in [6.45, 7) is 3.39. The van der Waals surface area contributed by atoms with Gasteiger partial charge in [-0.1, -0.05) is 6.07 Å². The number of hydrogen-bond acceptors (Lipinski definition) is 6. The number of aromatic nitrogens is 2.